The number of hydrogen-bond acceptors (Lipinski definition) is 5. The highest BCUT2D eigenvalue weighted by Crippen LogP contribution is 2.21. The molecule has 3 heterocycles. The maximum absolute atomic E-state index is 13.7. The van der Waals surface area contributed by atoms with Crippen LogP contribution in [0.5, 0.6) is 0 Å². The first-order valence-electron chi connectivity index (χ1n) is 6.00. The summed E-state index contributed by atoms with van der Waals surface area (Å²) < 4.78 is 40.0. The van der Waals surface area contributed by atoms with E-state index in [1.54, 1.807) is 0 Å². The molecule has 0 fully saturated rings. The molecule has 3 rings (SSSR count). The molecule has 8 nitrogen and oxygen atoms in total. The number of carbonyl (C=O) groups is 1. The molecule has 2 N–H and O–H groups in total. The lowest BCUT2D eigenvalue weighted by atomic mass is 10.3. The molecular formula is C12H10FN5O3S. The Kier molecular flexibility index (Phi) is 2.99. The maximum atomic E-state index is 13.7. The lowest BCUT2D eigenvalue weighted by molar-refractivity contribution is 0.0997. The minimum atomic E-state index is -3.80. The van der Waals surface area contributed by atoms with Crippen molar-refractivity contribution in [2.24, 2.45) is 5.73 Å². The number of primary amides is 1. The summed E-state index contributed by atoms with van der Waals surface area (Å²) in [5, 5.41) is 3.54. The number of nitrogens with zero attached hydrogens (tertiary/aromatic N) is 4. The number of sulfone groups is 1. The van der Waals surface area contributed by atoms with Gasteiger partial charge in [-0.25, -0.2) is 22.5 Å². The van der Waals surface area contributed by atoms with E-state index in [9.17, 15) is 17.6 Å². The van der Waals surface area contributed by atoms with E-state index in [1.807, 2.05) is 0 Å². The molecule has 3 aromatic heterocycles. The SMILES string of the molecule is CS(=O)(=O)c1c(C(N)=O)cnn1-c1ccc(F)c2nccn12. The molecule has 114 valence electrons. The van der Waals surface area contributed by atoms with Gasteiger partial charge in [0, 0.05) is 18.6 Å². The molecule has 0 saturated carbocycles. The summed E-state index contributed by atoms with van der Waals surface area (Å²) in [6.45, 7) is 0. The Morgan fingerprint density at radius 2 is 2.09 bits per heavy atom. The largest absolute Gasteiger partial charge is 0.365 e. The predicted octanol–water partition coefficient (Wildman–Crippen LogP) is 0.161. The standard InChI is InChI=1S/C12H10FN5O3S/c1-22(20,21)12-7(10(14)19)6-16-18(12)9-3-2-8(13)11-15-4-5-17(9)11/h2-6H,1H3,(H2,14,19). The highest BCUT2D eigenvalue weighted by molar-refractivity contribution is 7.90. The van der Waals surface area contributed by atoms with Crippen LogP contribution in [0.3, 0.4) is 0 Å². The highest BCUT2D eigenvalue weighted by Gasteiger charge is 2.25. The number of hydrogen-bond donors (Lipinski definition) is 1. The van der Waals surface area contributed by atoms with Crippen molar-refractivity contribution in [3.8, 4) is 5.82 Å². The third kappa shape index (κ3) is 2.04. The van der Waals surface area contributed by atoms with Gasteiger partial charge in [-0.05, 0) is 12.1 Å². The number of aromatic nitrogens is 4. The number of imidazole rings is 1. The third-order valence-electron chi connectivity index (χ3n) is 3.04. The van der Waals surface area contributed by atoms with Crippen molar-refractivity contribution < 1.29 is 17.6 Å². The number of carbonyl (C=O) groups excluding carboxylic acids is 1. The van der Waals surface area contributed by atoms with Crippen molar-refractivity contribution in [2.45, 2.75) is 5.03 Å². The number of nitrogens with two attached hydrogens (primary N) is 1. The lowest BCUT2D eigenvalue weighted by Gasteiger charge is -2.09. The van der Waals surface area contributed by atoms with E-state index in [0.717, 1.165) is 23.2 Å². The molecule has 0 aliphatic heterocycles. The fourth-order valence-corrected chi connectivity index (χ4v) is 3.17. The second-order valence-electron chi connectivity index (χ2n) is 4.57. The van der Waals surface area contributed by atoms with E-state index in [-0.39, 0.29) is 22.1 Å². The summed E-state index contributed by atoms with van der Waals surface area (Å²) in [5.41, 5.74) is 4.96. The molecular weight excluding hydrogens is 313 g/mol. The van der Waals surface area contributed by atoms with Crippen LogP contribution in [0.15, 0.2) is 35.7 Å². The van der Waals surface area contributed by atoms with Crippen LogP contribution in [0.4, 0.5) is 4.39 Å². The van der Waals surface area contributed by atoms with Gasteiger partial charge in [0.1, 0.15) is 5.82 Å². The predicted molar refractivity (Wildman–Crippen MR) is 73.9 cm³/mol. The first-order chi connectivity index (χ1) is 10.3. The van der Waals surface area contributed by atoms with Crippen molar-refractivity contribution in [1.29, 1.82) is 0 Å². The Morgan fingerprint density at radius 3 is 2.73 bits per heavy atom. The summed E-state index contributed by atoms with van der Waals surface area (Å²) in [5.74, 6) is -1.28. The van der Waals surface area contributed by atoms with Gasteiger partial charge in [-0.2, -0.15) is 5.10 Å². The first-order valence-corrected chi connectivity index (χ1v) is 7.89. The van der Waals surface area contributed by atoms with Gasteiger partial charge < -0.3 is 5.73 Å². The van der Waals surface area contributed by atoms with Crippen molar-refractivity contribution in [3.63, 3.8) is 0 Å². The lowest BCUT2D eigenvalue weighted by Crippen LogP contribution is -2.18. The Labute approximate surface area is 123 Å². The molecule has 0 atom stereocenters. The monoisotopic (exact) mass is 323 g/mol. The van der Waals surface area contributed by atoms with Gasteiger partial charge in [0.2, 0.25) is 0 Å². The summed E-state index contributed by atoms with van der Waals surface area (Å²) in [7, 11) is -3.80. The van der Waals surface area contributed by atoms with Crippen molar-refractivity contribution in [2.75, 3.05) is 6.26 Å². The van der Waals surface area contributed by atoms with E-state index in [2.05, 4.69) is 10.1 Å². The van der Waals surface area contributed by atoms with Gasteiger partial charge in [0.05, 0.1) is 11.8 Å². The molecule has 0 radical (unpaired) electrons. The molecule has 0 aromatic carbocycles. The van der Waals surface area contributed by atoms with E-state index >= 15 is 0 Å². The second kappa shape index (κ2) is 4.63. The molecule has 0 spiro atoms. The number of rotatable bonds is 3. The van der Waals surface area contributed by atoms with E-state index in [1.165, 1.54) is 22.9 Å². The molecule has 1 amide bonds. The summed E-state index contributed by atoms with van der Waals surface area (Å²) in [4.78, 5) is 15.3. The minimum absolute atomic E-state index is 0.00748. The van der Waals surface area contributed by atoms with Gasteiger partial charge in [-0.15, -0.1) is 0 Å². The Hall–Kier alpha value is -2.75. The Bertz CT molecular complexity index is 1010. The molecule has 0 saturated heterocycles. The third-order valence-corrected chi connectivity index (χ3v) is 4.13. The summed E-state index contributed by atoms with van der Waals surface area (Å²) in [6.07, 6.45) is 4.80. The average molecular weight is 323 g/mol. The second-order valence-corrected chi connectivity index (χ2v) is 6.50. The van der Waals surface area contributed by atoms with Crippen LogP contribution < -0.4 is 5.73 Å². The Morgan fingerprint density at radius 1 is 1.36 bits per heavy atom. The molecule has 0 bridgehead atoms. The molecule has 10 heteroatoms. The van der Waals surface area contributed by atoms with Crippen LogP contribution in [-0.4, -0.2) is 39.7 Å². The summed E-state index contributed by atoms with van der Waals surface area (Å²) in [6, 6.07) is 2.46. The van der Waals surface area contributed by atoms with Gasteiger partial charge >= 0.3 is 0 Å². The molecule has 0 aliphatic rings. The fourth-order valence-electron chi connectivity index (χ4n) is 2.17. The first kappa shape index (κ1) is 14.2. The number of pyridine rings is 1. The zero-order chi connectivity index (χ0) is 16.1. The molecule has 3 aromatic rings. The van der Waals surface area contributed by atoms with Crippen LogP contribution in [0.1, 0.15) is 10.4 Å². The molecule has 0 aliphatic carbocycles. The van der Waals surface area contributed by atoms with Crippen molar-refractivity contribution >= 4 is 21.4 Å². The van der Waals surface area contributed by atoms with Crippen LogP contribution in [-0.2, 0) is 9.84 Å². The van der Waals surface area contributed by atoms with Gasteiger partial charge in [0.25, 0.3) is 5.91 Å². The highest BCUT2D eigenvalue weighted by atomic mass is 32.2. The van der Waals surface area contributed by atoms with E-state index < -0.39 is 21.6 Å². The normalized spacial score (nSPS) is 11.9. The smallest absolute Gasteiger partial charge is 0.253 e. The van der Waals surface area contributed by atoms with Crippen LogP contribution in [0.2, 0.25) is 0 Å². The van der Waals surface area contributed by atoms with Crippen LogP contribution >= 0.6 is 0 Å². The quantitative estimate of drug-likeness (QED) is 0.738. The van der Waals surface area contributed by atoms with Crippen LogP contribution in [0, 0.1) is 5.82 Å². The van der Waals surface area contributed by atoms with Crippen molar-refractivity contribution in [1.82, 2.24) is 19.2 Å². The topological polar surface area (TPSA) is 112 Å². The zero-order valence-electron chi connectivity index (χ0n) is 11.3. The fraction of sp³-hybridized carbons (Fsp3) is 0.0833. The van der Waals surface area contributed by atoms with Gasteiger partial charge in [0.15, 0.2) is 26.3 Å². The van der Waals surface area contributed by atoms with Gasteiger partial charge in [-0.1, -0.05) is 0 Å². The van der Waals surface area contributed by atoms with E-state index in [4.69, 9.17) is 5.73 Å². The van der Waals surface area contributed by atoms with Crippen LogP contribution in [0.25, 0.3) is 11.5 Å². The zero-order valence-corrected chi connectivity index (χ0v) is 12.1. The molecule has 22 heavy (non-hydrogen) atoms. The Balaban J connectivity index is 2.40. The van der Waals surface area contributed by atoms with Gasteiger partial charge in [-0.3, -0.25) is 9.20 Å². The maximum Gasteiger partial charge on any atom is 0.253 e. The molecule has 0 unspecified atom stereocenters. The number of halogens is 1. The summed E-state index contributed by atoms with van der Waals surface area (Å²) >= 11 is 0. The van der Waals surface area contributed by atoms with E-state index in [0.29, 0.717) is 0 Å². The number of amides is 1. The number of fused-ring (bicyclic) bond motifs is 1. The minimum Gasteiger partial charge on any atom is -0.365 e. The average Bonchev–Trinajstić information content (AvgIpc) is 3.05. The van der Waals surface area contributed by atoms with Crippen molar-refractivity contribution in [3.05, 3.63) is 42.1 Å².